The molecule has 0 radical (unpaired) electrons. The van der Waals surface area contributed by atoms with E-state index in [1.54, 1.807) is 0 Å². The van der Waals surface area contributed by atoms with Crippen LogP contribution in [-0.2, 0) is 6.54 Å². The smallest absolute Gasteiger partial charge is 0.0743 e. The molecule has 0 spiro atoms. The summed E-state index contributed by atoms with van der Waals surface area (Å²) in [7, 11) is 0. The second-order valence-electron chi connectivity index (χ2n) is 11.4. The van der Waals surface area contributed by atoms with Crippen LogP contribution in [0.5, 0.6) is 0 Å². The molecule has 2 N–H and O–H groups in total. The molecular weight excluding hydrogens is 556 g/mol. The molecule has 0 saturated carbocycles. The fourth-order valence-electron chi connectivity index (χ4n) is 5.92. The summed E-state index contributed by atoms with van der Waals surface area (Å²) >= 11 is 0. The van der Waals surface area contributed by atoms with Gasteiger partial charge in [0.2, 0.25) is 0 Å². The molecule has 0 bridgehead atoms. The fourth-order valence-corrected chi connectivity index (χ4v) is 5.92. The molecule has 0 aromatic heterocycles. The topological polar surface area (TPSA) is 38.4 Å². The second kappa shape index (κ2) is 13.3. The Morgan fingerprint density at radius 3 is 1.33 bits per heavy atom. The van der Waals surface area contributed by atoms with E-state index in [4.69, 9.17) is 10.7 Å². The van der Waals surface area contributed by atoms with Crippen molar-refractivity contribution in [1.29, 1.82) is 0 Å². The highest BCUT2D eigenvalue weighted by Gasteiger charge is 2.13. The van der Waals surface area contributed by atoms with E-state index in [-0.39, 0.29) is 0 Å². The Morgan fingerprint density at radius 2 is 0.804 bits per heavy atom. The van der Waals surface area contributed by atoms with Gasteiger partial charge in [-0.25, -0.2) is 0 Å². The minimum Gasteiger partial charge on any atom is -0.398 e. The van der Waals surface area contributed by atoms with Gasteiger partial charge in [0.05, 0.1) is 12.3 Å². The van der Waals surface area contributed by atoms with Crippen LogP contribution in [0.4, 0.5) is 5.69 Å². The normalized spacial score (nSPS) is 11.3. The predicted molar refractivity (Wildman–Crippen MR) is 195 cm³/mol. The molecule has 0 aliphatic heterocycles. The molecule has 46 heavy (non-hydrogen) atoms. The first kappa shape index (κ1) is 28.8. The number of aliphatic imine (C=N–C) groups is 1. The molecule has 2 heteroatoms. The molecule has 0 unspecified atom stereocenters. The van der Waals surface area contributed by atoms with Gasteiger partial charge < -0.3 is 5.73 Å². The lowest BCUT2D eigenvalue weighted by atomic mass is 9.94. The van der Waals surface area contributed by atoms with Crippen LogP contribution in [0.2, 0.25) is 0 Å². The van der Waals surface area contributed by atoms with Crippen LogP contribution in [0.3, 0.4) is 0 Å². The Morgan fingerprint density at radius 1 is 0.391 bits per heavy atom. The van der Waals surface area contributed by atoms with E-state index >= 15 is 0 Å². The molecule has 220 valence electrons. The molecule has 7 rings (SSSR count). The molecule has 0 amide bonds. The number of hydrogen-bond donors (Lipinski definition) is 1. The van der Waals surface area contributed by atoms with Crippen LogP contribution in [0.1, 0.15) is 16.7 Å². The van der Waals surface area contributed by atoms with Crippen LogP contribution in [0.25, 0.3) is 44.5 Å². The van der Waals surface area contributed by atoms with Gasteiger partial charge in [0.1, 0.15) is 0 Å². The lowest BCUT2D eigenvalue weighted by Gasteiger charge is -2.14. The number of nitrogen functional groups attached to an aromatic ring is 1. The average molecular weight is 591 g/mol. The van der Waals surface area contributed by atoms with Gasteiger partial charge in [0, 0.05) is 16.8 Å². The quantitative estimate of drug-likeness (QED) is 0.139. The SMILES string of the molecule is Nc1cc(-c2ccccc2)ccc1/C(=N\Cc1cc(-c2ccccc2)cc(-c2ccc(-c3ccccc3)cc2)c1)c1ccccc1. The number of anilines is 1. The first-order valence-electron chi connectivity index (χ1n) is 15.6. The molecule has 0 aliphatic rings. The van der Waals surface area contributed by atoms with Gasteiger partial charge in [0.15, 0.2) is 0 Å². The third-order valence-corrected chi connectivity index (χ3v) is 8.31. The summed E-state index contributed by atoms with van der Waals surface area (Å²) in [5.74, 6) is 0. The Bertz CT molecular complexity index is 2080. The van der Waals surface area contributed by atoms with Gasteiger partial charge >= 0.3 is 0 Å². The number of benzene rings is 7. The molecule has 0 fully saturated rings. The Balaban J connectivity index is 1.28. The molecule has 0 atom stereocenters. The van der Waals surface area contributed by atoms with Crippen molar-refractivity contribution in [3.63, 3.8) is 0 Å². The van der Waals surface area contributed by atoms with Crippen molar-refractivity contribution in [3.8, 4) is 44.5 Å². The molecule has 2 nitrogen and oxygen atoms in total. The molecule has 7 aromatic rings. The molecular formula is C44H34N2. The summed E-state index contributed by atoms with van der Waals surface area (Å²) < 4.78 is 0. The summed E-state index contributed by atoms with van der Waals surface area (Å²) in [6.07, 6.45) is 0. The van der Waals surface area contributed by atoms with Gasteiger partial charge in [0.25, 0.3) is 0 Å². The van der Waals surface area contributed by atoms with Crippen LogP contribution < -0.4 is 5.73 Å². The lowest BCUT2D eigenvalue weighted by molar-refractivity contribution is 1.07. The molecule has 0 aliphatic carbocycles. The van der Waals surface area contributed by atoms with E-state index in [1.807, 2.05) is 42.5 Å². The third-order valence-electron chi connectivity index (χ3n) is 8.31. The number of rotatable bonds is 8. The van der Waals surface area contributed by atoms with E-state index in [0.29, 0.717) is 12.2 Å². The fraction of sp³-hybridized carbons (Fsp3) is 0.0227. The highest BCUT2D eigenvalue weighted by molar-refractivity contribution is 6.16. The van der Waals surface area contributed by atoms with Crippen molar-refractivity contribution in [1.82, 2.24) is 0 Å². The number of hydrogen-bond acceptors (Lipinski definition) is 2. The summed E-state index contributed by atoms with van der Waals surface area (Å²) in [5.41, 5.74) is 20.8. The maximum atomic E-state index is 6.74. The molecule has 7 aromatic carbocycles. The highest BCUT2D eigenvalue weighted by atomic mass is 14.7. The van der Waals surface area contributed by atoms with Crippen molar-refractivity contribution < 1.29 is 0 Å². The molecule has 0 heterocycles. The summed E-state index contributed by atoms with van der Waals surface area (Å²) in [6, 6.07) is 63.6. The molecule has 0 saturated heterocycles. The van der Waals surface area contributed by atoms with Crippen molar-refractivity contribution in [2.24, 2.45) is 4.99 Å². The highest BCUT2D eigenvalue weighted by Crippen LogP contribution is 2.31. The van der Waals surface area contributed by atoms with Gasteiger partial charge in [-0.15, -0.1) is 0 Å². The first-order valence-corrected chi connectivity index (χ1v) is 15.6. The van der Waals surface area contributed by atoms with Crippen LogP contribution >= 0.6 is 0 Å². The van der Waals surface area contributed by atoms with Crippen molar-refractivity contribution in [2.45, 2.75) is 6.54 Å². The maximum Gasteiger partial charge on any atom is 0.0743 e. The standard InChI is InChI=1S/C44H34N2/c45-43-30-39(34-15-7-2-8-16-34)25-26-42(43)44(38-19-11-4-12-20-38)46-31-32-27-40(35-17-9-3-10-18-35)29-41(28-32)37-23-21-36(22-24-37)33-13-5-1-6-14-33/h1-30H,31,45H2/b46-44-. The minimum atomic E-state index is 0.514. The van der Waals surface area contributed by atoms with Gasteiger partial charge in [-0.1, -0.05) is 158 Å². The Labute approximate surface area is 271 Å². The zero-order valence-corrected chi connectivity index (χ0v) is 25.6. The third kappa shape index (κ3) is 6.43. The van der Waals surface area contributed by atoms with Gasteiger partial charge in [-0.05, 0) is 74.3 Å². The number of nitrogens with two attached hydrogens (primary N) is 1. The lowest BCUT2D eigenvalue weighted by Crippen LogP contribution is -2.08. The van der Waals surface area contributed by atoms with E-state index in [9.17, 15) is 0 Å². The zero-order chi connectivity index (χ0) is 31.1. The first-order chi connectivity index (χ1) is 22.7. The van der Waals surface area contributed by atoms with Crippen LogP contribution in [0.15, 0.2) is 187 Å². The van der Waals surface area contributed by atoms with Crippen molar-refractivity contribution in [2.75, 3.05) is 5.73 Å². The minimum absolute atomic E-state index is 0.514. The van der Waals surface area contributed by atoms with E-state index < -0.39 is 0 Å². The zero-order valence-electron chi connectivity index (χ0n) is 25.6. The number of nitrogens with zero attached hydrogens (tertiary/aromatic N) is 1. The van der Waals surface area contributed by atoms with E-state index in [2.05, 4.69) is 140 Å². The van der Waals surface area contributed by atoms with Crippen molar-refractivity contribution in [3.05, 3.63) is 199 Å². The van der Waals surface area contributed by atoms with Crippen LogP contribution in [-0.4, -0.2) is 5.71 Å². The summed E-state index contributed by atoms with van der Waals surface area (Å²) in [4.78, 5) is 5.26. The van der Waals surface area contributed by atoms with Gasteiger partial charge in [-0.2, -0.15) is 0 Å². The maximum absolute atomic E-state index is 6.74. The Hall–Kier alpha value is -5.99. The summed E-state index contributed by atoms with van der Waals surface area (Å²) in [6.45, 7) is 0.514. The van der Waals surface area contributed by atoms with Gasteiger partial charge in [-0.3, -0.25) is 4.99 Å². The summed E-state index contributed by atoms with van der Waals surface area (Å²) in [5, 5.41) is 0. The second-order valence-corrected chi connectivity index (χ2v) is 11.4. The van der Waals surface area contributed by atoms with E-state index in [0.717, 1.165) is 33.5 Å². The predicted octanol–water partition coefficient (Wildman–Crippen LogP) is 11.0. The largest absolute Gasteiger partial charge is 0.398 e. The Kier molecular flexibility index (Phi) is 8.34. The average Bonchev–Trinajstić information content (AvgIpc) is 3.14. The monoisotopic (exact) mass is 590 g/mol. The van der Waals surface area contributed by atoms with Crippen molar-refractivity contribution >= 4 is 11.4 Å². The van der Waals surface area contributed by atoms with E-state index in [1.165, 1.54) is 33.4 Å². The van der Waals surface area contributed by atoms with Crippen LogP contribution in [0, 0.1) is 0 Å².